The van der Waals surface area contributed by atoms with Gasteiger partial charge in [-0.25, -0.2) is 4.39 Å². The van der Waals surface area contributed by atoms with E-state index in [0.717, 1.165) is 19.5 Å². The van der Waals surface area contributed by atoms with Crippen molar-refractivity contribution in [2.45, 2.75) is 12.8 Å². The first-order valence-electron chi connectivity index (χ1n) is 5.34. The van der Waals surface area contributed by atoms with Crippen LogP contribution in [0.1, 0.15) is 12.0 Å². The van der Waals surface area contributed by atoms with Gasteiger partial charge in [-0.2, -0.15) is 0 Å². The summed E-state index contributed by atoms with van der Waals surface area (Å²) in [5.74, 6) is -0.159. The van der Waals surface area contributed by atoms with Crippen molar-refractivity contribution in [2.75, 3.05) is 13.1 Å². The summed E-state index contributed by atoms with van der Waals surface area (Å²) in [7, 11) is 0. The van der Waals surface area contributed by atoms with Crippen LogP contribution in [0, 0.1) is 11.7 Å². The molecule has 86 valence electrons. The lowest BCUT2D eigenvalue weighted by Crippen LogP contribution is -2.19. The SMILES string of the molecule is O=C(Cc1cc(F)ccc1Cl)C1CCNC1. The summed E-state index contributed by atoms with van der Waals surface area (Å²) in [6.45, 7) is 1.61. The quantitative estimate of drug-likeness (QED) is 0.879. The Hall–Kier alpha value is -0.930. The highest BCUT2D eigenvalue weighted by atomic mass is 35.5. The lowest BCUT2D eigenvalue weighted by Gasteiger charge is -2.08. The van der Waals surface area contributed by atoms with Crippen molar-refractivity contribution in [3.63, 3.8) is 0 Å². The van der Waals surface area contributed by atoms with Gasteiger partial charge in [-0.3, -0.25) is 4.79 Å². The summed E-state index contributed by atoms with van der Waals surface area (Å²) in [4.78, 5) is 11.9. The van der Waals surface area contributed by atoms with E-state index < -0.39 is 0 Å². The number of rotatable bonds is 3. The van der Waals surface area contributed by atoms with Gasteiger partial charge in [-0.15, -0.1) is 0 Å². The molecule has 2 nitrogen and oxygen atoms in total. The Morgan fingerprint density at radius 3 is 3.06 bits per heavy atom. The smallest absolute Gasteiger partial charge is 0.141 e. The Morgan fingerprint density at radius 2 is 2.38 bits per heavy atom. The first-order chi connectivity index (χ1) is 7.66. The number of halogens is 2. The van der Waals surface area contributed by atoms with Crippen molar-refractivity contribution >= 4 is 17.4 Å². The molecule has 1 fully saturated rings. The molecule has 1 atom stereocenters. The zero-order valence-corrected chi connectivity index (χ0v) is 9.56. The Bertz CT molecular complexity index is 402. The van der Waals surface area contributed by atoms with Crippen molar-refractivity contribution in [1.82, 2.24) is 5.32 Å². The second-order valence-corrected chi connectivity index (χ2v) is 4.48. The van der Waals surface area contributed by atoms with Gasteiger partial charge in [0.1, 0.15) is 11.6 Å². The summed E-state index contributed by atoms with van der Waals surface area (Å²) in [5.41, 5.74) is 0.582. The van der Waals surface area contributed by atoms with Crippen molar-refractivity contribution in [3.8, 4) is 0 Å². The molecular formula is C12H13ClFNO. The van der Waals surface area contributed by atoms with Crippen molar-refractivity contribution in [2.24, 2.45) is 5.92 Å². The van der Waals surface area contributed by atoms with Crippen LogP contribution in [0.3, 0.4) is 0 Å². The fraction of sp³-hybridized carbons (Fsp3) is 0.417. The number of ketones is 1. The third kappa shape index (κ3) is 2.60. The first-order valence-corrected chi connectivity index (χ1v) is 5.72. The zero-order valence-electron chi connectivity index (χ0n) is 8.80. The fourth-order valence-electron chi connectivity index (χ4n) is 1.94. The van der Waals surface area contributed by atoms with E-state index in [1.807, 2.05) is 0 Å². The molecule has 0 aromatic heterocycles. The summed E-state index contributed by atoms with van der Waals surface area (Å²) in [6.07, 6.45) is 1.09. The van der Waals surface area contributed by atoms with Gasteiger partial charge < -0.3 is 5.32 Å². The minimum absolute atomic E-state index is 0.0549. The van der Waals surface area contributed by atoms with Crippen molar-refractivity contribution in [3.05, 3.63) is 34.6 Å². The third-order valence-electron chi connectivity index (χ3n) is 2.89. The highest BCUT2D eigenvalue weighted by molar-refractivity contribution is 6.31. The van der Waals surface area contributed by atoms with Crippen LogP contribution in [0.5, 0.6) is 0 Å². The lowest BCUT2D eigenvalue weighted by atomic mass is 9.97. The molecule has 1 saturated heterocycles. The molecule has 4 heteroatoms. The maximum absolute atomic E-state index is 13.0. The lowest BCUT2D eigenvalue weighted by molar-refractivity contribution is -0.121. The van der Waals surface area contributed by atoms with Gasteiger partial charge in [0.2, 0.25) is 0 Å². The minimum Gasteiger partial charge on any atom is -0.316 e. The van der Waals surface area contributed by atoms with Crippen molar-refractivity contribution < 1.29 is 9.18 Å². The summed E-state index contributed by atoms with van der Waals surface area (Å²) in [6, 6.07) is 4.13. The molecule has 0 spiro atoms. The highest BCUT2D eigenvalue weighted by Crippen LogP contribution is 2.20. The first kappa shape index (κ1) is 11.6. The maximum atomic E-state index is 13.0. The molecule has 1 aromatic carbocycles. The van der Waals surface area contributed by atoms with Crippen molar-refractivity contribution in [1.29, 1.82) is 0 Å². The number of hydrogen-bond acceptors (Lipinski definition) is 2. The number of hydrogen-bond donors (Lipinski definition) is 1. The molecule has 1 N–H and O–H groups in total. The molecule has 1 unspecified atom stereocenters. The van der Waals surface area contributed by atoms with Crippen LogP contribution in [0.4, 0.5) is 4.39 Å². The summed E-state index contributed by atoms with van der Waals surface area (Å²) < 4.78 is 13.0. The molecule has 0 aliphatic carbocycles. The molecule has 1 aliphatic heterocycles. The topological polar surface area (TPSA) is 29.1 Å². The van der Waals surface area contributed by atoms with Gasteiger partial charge in [0.15, 0.2) is 0 Å². The van der Waals surface area contributed by atoms with Crippen LogP contribution < -0.4 is 5.32 Å². The molecule has 1 aromatic rings. The van der Waals surface area contributed by atoms with Gasteiger partial charge in [0.25, 0.3) is 0 Å². The fourth-order valence-corrected chi connectivity index (χ4v) is 2.12. The predicted molar refractivity (Wildman–Crippen MR) is 61.1 cm³/mol. The highest BCUT2D eigenvalue weighted by Gasteiger charge is 2.22. The average Bonchev–Trinajstić information content (AvgIpc) is 2.76. The van der Waals surface area contributed by atoms with Crippen LogP contribution in [0.25, 0.3) is 0 Å². The van der Waals surface area contributed by atoms with E-state index in [0.29, 0.717) is 10.6 Å². The molecule has 0 radical (unpaired) electrons. The molecule has 0 saturated carbocycles. The zero-order chi connectivity index (χ0) is 11.5. The molecule has 1 aliphatic rings. The third-order valence-corrected chi connectivity index (χ3v) is 3.26. The predicted octanol–water partition coefficient (Wildman–Crippen LogP) is 2.20. The van der Waals surface area contributed by atoms with Crippen LogP contribution in [-0.2, 0) is 11.2 Å². The number of carbonyl (C=O) groups excluding carboxylic acids is 1. The van der Waals surface area contributed by atoms with E-state index in [1.54, 1.807) is 0 Å². The standard InChI is InChI=1S/C12H13ClFNO/c13-11-2-1-10(14)5-9(11)6-12(16)8-3-4-15-7-8/h1-2,5,8,15H,3-4,6-7H2. The molecule has 0 amide bonds. The Morgan fingerprint density at radius 1 is 1.56 bits per heavy atom. The van der Waals surface area contributed by atoms with Gasteiger partial charge in [0.05, 0.1) is 0 Å². The van der Waals surface area contributed by atoms with Gasteiger partial charge >= 0.3 is 0 Å². The van der Waals surface area contributed by atoms with Crippen LogP contribution in [0.2, 0.25) is 5.02 Å². The minimum atomic E-state index is -0.350. The second kappa shape index (κ2) is 4.93. The largest absolute Gasteiger partial charge is 0.316 e. The molecule has 16 heavy (non-hydrogen) atoms. The van der Waals surface area contributed by atoms with Crippen LogP contribution in [-0.4, -0.2) is 18.9 Å². The molecule has 0 bridgehead atoms. The van der Waals surface area contributed by atoms with Gasteiger partial charge in [-0.1, -0.05) is 11.6 Å². The van der Waals surface area contributed by atoms with Crippen LogP contribution in [0.15, 0.2) is 18.2 Å². The van der Waals surface area contributed by atoms with E-state index in [-0.39, 0.29) is 23.9 Å². The molecule has 1 heterocycles. The average molecular weight is 242 g/mol. The summed E-state index contributed by atoms with van der Waals surface area (Å²) >= 11 is 5.91. The summed E-state index contributed by atoms with van der Waals surface area (Å²) in [5, 5.41) is 3.60. The van der Waals surface area contributed by atoms with Gasteiger partial charge in [-0.05, 0) is 36.7 Å². The van der Waals surface area contributed by atoms with E-state index in [1.165, 1.54) is 18.2 Å². The Labute approximate surface area is 98.8 Å². The number of nitrogens with one attached hydrogen (secondary N) is 1. The Balaban J connectivity index is 2.07. The Kier molecular flexibility index (Phi) is 3.56. The monoisotopic (exact) mass is 241 g/mol. The second-order valence-electron chi connectivity index (χ2n) is 4.07. The van der Waals surface area contributed by atoms with E-state index >= 15 is 0 Å². The molecule has 2 rings (SSSR count). The van der Waals surface area contributed by atoms with E-state index in [4.69, 9.17) is 11.6 Å². The number of Topliss-reactive ketones (excluding diaryl/α,β-unsaturated/α-hetero) is 1. The van der Waals surface area contributed by atoms with Crippen LogP contribution >= 0.6 is 11.6 Å². The van der Waals surface area contributed by atoms with E-state index in [2.05, 4.69) is 5.32 Å². The normalized spacial score (nSPS) is 20.0. The number of carbonyl (C=O) groups is 1. The molecular weight excluding hydrogens is 229 g/mol. The number of benzene rings is 1. The maximum Gasteiger partial charge on any atom is 0.141 e. The van der Waals surface area contributed by atoms with Gasteiger partial charge in [0, 0.05) is 23.9 Å². The van der Waals surface area contributed by atoms with E-state index in [9.17, 15) is 9.18 Å².